The van der Waals surface area contributed by atoms with Crippen LogP contribution in [-0.2, 0) is 5.41 Å². The molecule has 0 bridgehead atoms. The predicted octanol–water partition coefficient (Wildman–Crippen LogP) is 4.67. The second kappa shape index (κ2) is 7.00. The van der Waals surface area contributed by atoms with E-state index in [1.54, 1.807) is 18.2 Å². The highest BCUT2D eigenvalue weighted by Gasteiger charge is 2.19. The summed E-state index contributed by atoms with van der Waals surface area (Å²) in [4.78, 5) is 16.8. The van der Waals surface area contributed by atoms with E-state index in [-0.39, 0.29) is 11.3 Å². The van der Waals surface area contributed by atoms with Crippen molar-refractivity contribution in [2.75, 3.05) is 10.6 Å². The first-order valence-corrected chi connectivity index (χ1v) is 8.40. The molecule has 26 heavy (non-hydrogen) atoms. The van der Waals surface area contributed by atoms with Crippen molar-refractivity contribution < 1.29 is 9.32 Å². The normalized spacial score (nSPS) is 11.2. The second-order valence-corrected chi connectivity index (χ2v) is 7.13. The Labute approximate surface area is 152 Å². The van der Waals surface area contributed by atoms with Gasteiger partial charge in [-0.15, -0.1) is 0 Å². The van der Waals surface area contributed by atoms with Crippen LogP contribution in [0.5, 0.6) is 0 Å². The second-order valence-electron chi connectivity index (χ2n) is 7.13. The Hall–Kier alpha value is -3.15. The molecule has 134 valence electrons. The molecule has 0 aliphatic carbocycles. The lowest BCUT2D eigenvalue weighted by Gasteiger charge is -2.23. The molecule has 6 nitrogen and oxygen atoms in total. The van der Waals surface area contributed by atoms with Gasteiger partial charge in [-0.25, -0.2) is 4.98 Å². The van der Waals surface area contributed by atoms with Gasteiger partial charge in [0.15, 0.2) is 5.82 Å². The third kappa shape index (κ3) is 4.08. The van der Waals surface area contributed by atoms with E-state index in [2.05, 4.69) is 41.5 Å². The van der Waals surface area contributed by atoms with Crippen molar-refractivity contribution in [1.29, 1.82) is 0 Å². The van der Waals surface area contributed by atoms with Gasteiger partial charge in [-0.3, -0.25) is 4.79 Å². The van der Waals surface area contributed by atoms with E-state index in [9.17, 15) is 4.79 Å². The molecule has 0 aliphatic rings. The Bertz CT molecular complexity index is 908. The maximum atomic E-state index is 12.6. The van der Waals surface area contributed by atoms with Gasteiger partial charge < -0.3 is 15.2 Å². The van der Waals surface area contributed by atoms with Gasteiger partial charge in [-0.1, -0.05) is 44.1 Å². The van der Waals surface area contributed by atoms with Gasteiger partial charge in [0.05, 0.1) is 5.56 Å². The minimum atomic E-state index is -0.196. The number of amides is 1. The van der Waals surface area contributed by atoms with Gasteiger partial charge in [0.1, 0.15) is 11.6 Å². The number of rotatable bonds is 4. The van der Waals surface area contributed by atoms with Gasteiger partial charge in [-0.2, -0.15) is 0 Å². The van der Waals surface area contributed by atoms with E-state index in [0.29, 0.717) is 23.0 Å². The summed E-state index contributed by atoms with van der Waals surface area (Å²) >= 11 is 0. The van der Waals surface area contributed by atoms with Crippen LogP contribution in [0, 0.1) is 6.92 Å². The molecule has 0 saturated heterocycles. The predicted molar refractivity (Wildman–Crippen MR) is 102 cm³/mol. The Morgan fingerprint density at radius 1 is 1.08 bits per heavy atom. The summed E-state index contributed by atoms with van der Waals surface area (Å²) in [6.45, 7) is 8.16. The molecule has 2 heterocycles. The highest BCUT2D eigenvalue weighted by molar-refractivity contribution is 6.04. The van der Waals surface area contributed by atoms with Crippen molar-refractivity contribution in [3.8, 4) is 0 Å². The lowest BCUT2D eigenvalue weighted by atomic mass is 9.86. The van der Waals surface area contributed by atoms with Crippen molar-refractivity contribution in [2.24, 2.45) is 0 Å². The van der Waals surface area contributed by atoms with Crippen molar-refractivity contribution in [3.63, 3.8) is 0 Å². The van der Waals surface area contributed by atoms with Crippen molar-refractivity contribution >= 4 is 23.2 Å². The van der Waals surface area contributed by atoms with Gasteiger partial charge in [-0.05, 0) is 36.1 Å². The van der Waals surface area contributed by atoms with Crippen molar-refractivity contribution in [2.45, 2.75) is 33.1 Å². The van der Waals surface area contributed by atoms with Crippen LogP contribution in [-0.4, -0.2) is 16.0 Å². The summed E-state index contributed by atoms with van der Waals surface area (Å²) in [6, 6.07) is 13.0. The molecule has 2 N–H and O–H groups in total. The monoisotopic (exact) mass is 350 g/mol. The summed E-state index contributed by atoms with van der Waals surface area (Å²) in [5, 5.41) is 9.85. The number of aromatic nitrogens is 2. The molecule has 3 rings (SSSR count). The van der Waals surface area contributed by atoms with Crippen LogP contribution in [0.25, 0.3) is 0 Å². The molecule has 1 amide bonds. The number of anilines is 3. The molecule has 2 aromatic heterocycles. The summed E-state index contributed by atoms with van der Waals surface area (Å²) < 4.78 is 5.00. The van der Waals surface area contributed by atoms with E-state index in [4.69, 9.17) is 4.52 Å². The smallest absolute Gasteiger partial charge is 0.257 e. The highest BCUT2D eigenvalue weighted by Crippen LogP contribution is 2.29. The zero-order chi connectivity index (χ0) is 18.7. The van der Waals surface area contributed by atoms with Crippen molar-refractivity contribution in [1.82, 2.24) is 10.1 Å². The summed E-state index contributed by atoms with van der Waals surface area (Å²) in [6.07, 6.45) is 1.53. The van der Waals surface area contributed by atoms with Crippen LogP contribution in [0.1, 0.15) is 42.5 Å². The van der Waals surface area contributed by atoms with Crippen molar-refractivity contribution in [3.05, 3.63) is 65.5 Å². The average Bonchev–Trinajstić information content (AvgIpc) is 3.00. The highest BCUT2D eigenvalue weighted by atomic mass is 16.5. The lowest BCUT2D eigenvalue weighted by Crippen LogP contribution is -2.18. The van der Waals surface area contributed by atoms with Gasteiger partial charge in [0.25, 0.3) is 5.91 Å². The fourth-order valence-electron chi connectivity index (χ4n) is 2.60. The number of nitrogens with zero attached hydrogens (tertiary/aromatic N) is 2. The minimum absolute atomic E-state index is 0.0639. The molecule has 0 spiro atoms. The first-order valence-electron chi connectivity index (χ1n) is 8.40. The number of hydrogen-bond acceptors (Lipinski definition) is 5. The maximum Gasteiger partial charge on any atom is 0.257 e. The van der Waals surface area contributed by atoms with Crippen LogP contribution in [0.2, 0.25) is 0 Å². The third-order valence-corrected chi connectivity index (χ3v) is 3.89. The van der Waals surface area contributed by atoms with Gasteiger partial charge >= 0.3 is 0 Å². The standard InChI is InChI=1S/C20H22N4O2/c1-13-11-18(24-26-13)23-17-10-9-14(12-21-17)19(25)22-16-8-6-5-7-15(16)20(2,3)4/h5-12H,1-4H3,(H,22,25)(H,21,23,24). The Kier molecular flexibility index (Phi) is 4.75. The molecule has 0 atom stereocenters. The average molecular weight is 350 g/mol. The van der Waals surface area contributed by atoms with Crippen LogP contribution < -0.4 is 10.6 Å². The fourth-order valence-corrected chi connectivity index (χ4v) is 2.60. The molecular weight excluding hydrogens is 328 g/mol. The SMILES string of the molecule is Cc1cc(Nc2ccc(C(=O)Nc3ccccc3C(C)(C)C)cn2)no1. The summed E-state index contributed by atoms with van der Waals surface area (Å²) in [5.41, 5.74) is 2.31. The Morgan fingerprint density at radius 3 is 2.46 bits per heavy atom. The summed E-state index contributed by atoms with van der Waals surface area (Å²) in [5.74, 6) is 1.68. The van der Waals surface area contributed by atoms with Crippen LogP contribution in [0.15, 0.2) is 53.2 Å². The van der Waals surface area contributed by atoms with Crippen LogP contribution in [0.4, 0.5) is 17.3 Å². The molecule has 0 saturated carbocycles. The van der Waals surface area contributed by atoms with Crippen LogP contribution >= 0.6 is 0 Å². The molecule has 0 fully saturated rings. The molecule has 0 radical (unpaired) electrons. The Balaban J connectivity index is 1.73. The number of hydrogen-bond donors (Lipinski definition) is 2. The number of carbonyl (C=O) groups is 1. The number of pyridine rings is 1. The Morgan fingerprint density at radius 2 is 1.85 bits per heavy atom. The van der Waals surface area contributed by atoms with E-state index in [1.807, 2.05) is 31.2 Å². The topological polar surface area (TPSA) is 80.0 Å². The maximum absolute atomic E-state index is 12.6. The summed E-state index contributed by atoms with van der Waals surface area (Å²) in [7, 11) is 0. The third-order valence-electron chi connectivity index (χ3n) is 3.89. The molecule has 0 unspecified atom stereocenters. The number of nitrogens with one attached hydrogen (secondary N) is 2. The number of carbonyl (C=O) groups excluding carboxylic acids is 1. The fraction of sp³-hybridized carbons (Fsp3) is 0.250. The van der Waals surface area contributed by atoms with Gasteiger partial charge in [0, 0.05) is 18.0 Å². The zero-order valence-electron chi connectivity index (χ0n) is 15.3. The quantitative estimate of drug-likeness (QED) is 0.714. The van der Waals surface area contributed by atoms with E-state index >= 15 is 0 Å². The lowest BCUT2D eigenvalue weighted by molar-refractivity contribution is 0.102. The van der Waals surface area contributed by atoms with E-state index in [1.165, 1.54) is 6.20 Å². The number of benzene rings is 1. The molecule has 1 aromatic carbocycles. The first kappa shape index (κ1) is 17.7. The zero-order valence-corrected chi connectivity index (χ0v) is 15.3. The van der Waals surface area contributed by atoms with E-state index in [0.717, 1.165) is 11.3 Å². The minimum Gasteiger partial charge on any atom is -0.360 e. The molecule has 6 heteroatoms. The largest absolute Gasteiger partial charge is 0.360 e. The molecule has 0 aliphatic heterocycles. The first-order chi connectivity index (χ1) is 12.3. The van der Waals surface area contributed by atoms with Gasteiger partial charge in [0.2, 0.25) is 0 Å². The van der Waals surface area contributed by atoms with E-state index < -0.39 is 0 Å². The molecular formula is C20H22N4O2. The number of aryl methyl sites for hydroxylation is 1. The number of para-hydroxylation sites is 1. The molecule has 3 aromatic rings. The van der Waals surface area contributed by atoms with Crippen LogP contribution in [0.3, 0.4) is 0 Å².